The van der Waals surface area contributed by atoms with Gasteiger partial charge in [0.15, 0.2) is 0 Å². The third kappa shape index (κ3) is 7.04. The molecule has 1 saturated heterocycles. The molecule has 176 valence electrons. The van der Waals surface area contributed by atoms with Gasteiger partial charge >= 0.3 is 0 Å². The van der Waals surface area contributed by atoms with Crippen LogP contribution in [0.1, 0.15) is 11.1 Å². The van der Waals surface area contributed by atoms with Crippen LogP contribution in [0.3, 0.4) is 0 Å². The molecule has 3 aromatic carbocycles. The number of rotatable bonds is 9. The number of methoxy groups -OCH3 is 2. The van der Waals surface area contributed by atoms with Gasteiger partial charge in [0.25, 0.3) is 0 Å². The van der Waals surface area contributed by atoms with Crippen LogP contribution in [0.4, 0.5) is 5.69 Å². The van der Waals surface area contributed by atoms with Gasteiger partial charge in [-0.05, 0) is 29.7 Å². The SMILES string of the molecule is COc1cc(OC)cc(OCc2ccc(CCN3CCN(c4ccccc4)CC3)cc2)c1.Cl. The first-order valence-electron chi connectivity index (χ1n) is 11.2. The van der Waals surface area contributed by atoms with Gasteiger partial charge in [0.2, 0.25) is 0 Å². The minimum Gasteiger partial charge on any atom is -0.496 e. The maximum atomic E-state index is 5.95. The van der Waals surface area contributed by atoms with Crippen LogP contribution in [0.2, 0.25) is 0 Å². The molecule has 1 fully saturated rings. The lowest BCUT2D eigenvalue weighted by atomic mass is 10.1. The second kappa shape index (κ2) is 12.4. The summed E-state index contributed by atoms with van der Waals surface area (Å²) in [6.07, 6.45) is 1.07. The van der Waals surface area contributed by atoms with Gasteiger partial charge in [0.1, 0.15) is 23.9 Å². The van der Waals surface area contributed by atoms with Gasteiger partial charge in [0.05, 0.1) is 14.2 Å². The predicted molar refractivity (Wildman–Crippen MR) is 136 cm³/mol. The molecular formula is C27H33ClN2O3. The number of para-hydroxylation sites is 1. The summed E-state index contributed by atoms with van der Waals surface area (Å²) in [6, 6.07) is 25.0. The molecule has 33 heavy (non-hydrogen) atoms. The molecule has 4 rings (SSSR count). The monoisotopic (exact) mass is 468 g/mol. The number of piperazine rings is 1. The highest BCUT2D eigenvalue weighted by molar-refractivity contribution is 5.85. The van der Waals surface area contributed by atoms with Crippen LogP contribution in [0.5, 0.6) is 17.2 Å². The number of halogens is 1. The second-order valence-electron chi connectivity index (χ2n) is 8.07. The Balaban J connectivity index is 0.00000306. The molecule has 0 saturated carbocycles. The molecule has 6 heteroatoms. The van der Waals surface area contributed by atoms with E-state index in [-0.39, 0.29) is 12.4 Å². The lowest BCUT2D eigenvalue weighted by Crippen LogP contribution is -2.46. The van der Waals surface area contributed by atoms with Crippen molar-refractivity contribution >= 4 is 18.1 Å². The second-order valence-corrected chi connectivity index (χ2v) is 8.07. The number of nitrogens with zero attached hydrogens (tertiary/aromatic N) is 2. The molecule has 0 N–H and O–H groups in total. The maximum Gasteiger partial charge on any atom is 0.127 e. The summed E-state index contributed by atoms with van der Waals surface area (Å²) in [5.41, 5.74) is 3.84. The molecule has 0 aliphatic carbocycles. The van der Waals surface area contributed by atoms with Crippen molar-refractivity contribution in [2.45, 2.75) is 13.0 Å². The van der Waals surface area contributed by atoms with Gasteiger partial charge in [-0.25, -0.2) is 0 Å². The molecule has 1 aliphatic heterocycles. The molecule has 0 spiro atoms. The van der Waals surface area contributed by atoms with E-state index in [0.717, 1.165) is 62.0 Å². The Labute approximate surface area is 203 Å². The molecule has 0 unspecified atom stereocenters. The quantitative estimate of drug-likeness (QED) is 0.438. The minimum atomic E-state index is 0. The predicted octanol–water partition coefficient (Wildman–Crippen LogP) is 5.07. The highest BCUT2D eigenvalue weighted by atomic mass is 35.5. The Kier molecular flexibility index (Phi) is 9.28. The van der Waals surface area contributed by atoms with Gasteiger partial charge < -0.3 is 19.1 Å². The molecular weight excluding hydrogens is 436 g/mol. The number of hydrogen-bond donors (Lipinski definition) is 0. The maximum absolute atomic E-state index is 5.95. The zero-order valence-corrected chi connectivity index (χ0v) is 20.2. The largest absolute Gasteiger partial charge is 0.496 e. The van der Waals surface area contributed by atoms with Crippen LogP contribution in [0, 0.1) is 0 Å². The molecule has 1 heterocycles. The number of benzene rings is 3. The van der Waals surface area contributed by atoms with Crippen molar-refractivity contribution in [2.75, 3.05) is 51.8 Å². The normalized spacial score (nSPS) is 13.8. The first kappa shape index (κ1) is 24.7. The van der Waals surface area contributed by atoms with Crippen molar-refractivity contribution in [3.8, 4) is 17.2 Å². The highest BCUT2D eigenvalue weighted by Gasteiger charge is 2.16. The lowest BCUT2D eigenvalue weighted by Gasteiger charge is -2.36. The average Bonchev–Trinajstić information content (AvgIpc) is 2.87. The van der Waals surface area contributed by atoms with E-state index in [1.807, 2.05) is 18.2 Å². The molecule has 5 nitrogen and oxygen atoms in total. The van der Waals surface area contributed by atoms with Crippen molar-refractivity contribution in [2.24, 2.45) is 0 Å². The summed E-state index contributed by atoms with van der Waals surface area (Å²) in [7, 11) is 3.28. The van der Waals surface area contributed by atoms with Crippen LogP contribution < -0.4 is 19.1 Å². The fourth-order valence-corrected chi connectivity index (χ4v) is 3.99. The van der Waals surface area contributed by atoms with E-state index in [1.165, 1.54) is 11.3 Å². The van der Waals surface area contributed by atoms with Gasteiger partial charge in [-0.15, -0.1) is 12.4 Å². The standard InChI is InChI=1S/C27H32N2O3.ClH/c1-30-25-18-26(31-2)20-27(19-25)32-21-23-10-8-22(9-11-23)12-13-28-14-16-29(17-15-28)24-6-4-3-5-7-24;/h3-11,18-20H,12-17,21H2,1-2H3;1H. The summed E-state index contributed by atoms with van der Waals surface area (Å²) in [6.45, 7) is 6.03. The third-order valence-electron chi connectivity index (χ3n) is 5.96. The summed E-state index contributed by atoms with van der Waals surface area (Å²) >= 11 is 0. The molecule has 3 aromatic rings. The topological polar surface area (TPSA) is 34.2 Å². The van der Waals surface area contributed by atoms with Crippen LogP contribution in [-0.4, -0.2) is 51.8 Å². The Morgan fingerprint density at radius 1 is 0.697 bits per heavy atom. The number of anilines is 1. The van der Waals surface area contributed by atoms with E-state index in [1.54, 1.807) is 14.2 Å². The highest BCUT2D eigenvalue weighted by Crippen LogP contribution is 2.28. The Morgan fingerprint density at radius 2 is 1.27 bits per heavy atom. The van der Waals surface area contributed by atoms with Crippen molar-refractivity contribution < 1.29 is 14.2 Å². The van der Waals surface area contributed by atoms with E-state index >= 15 is 0 Å². The van der Waals surface area contributed by atoms with Crippen LogP contribution in [-0.2, 0) is 13.0 Å². The van der Waals surface area contributed by atoms with Crippen molar-refractivity contribution in [1.29, 1.82) is 0 Å². The van der Waals surface area contributed by atoms with Crippen molar-refractivity contribution in [1.82, 2.24) is 4.90 Å². The molecule has 0 aromatic heterocycles. The summed E-state index contributed by atoms with van der Waals surface area (Å²) in [4.78, 5) is 5.04. The van der Waals surface area contributed by atoms with Gasteiger partial charge in [-0.2, -0.15) is 0 Å². The van der Waals surface area contributed by atoms with E-state index in [0.29, 0.717) is 6.61 Å². The Morgan fingerprint density at radius 3 is 1.88 bits per heavy atom. The van der Waals surface area contributed by atoms with Gasteiger partial charge in [0, 0.05) is 56.6 Å². The zero-order chi connectivity index (χ0) is 22.2. The van der Waals surface area contributed by atoms with E-state index in [4.69, 9.17) is 14.2 Å². The van der Waals surface area contributed by atoms with E-state index in [2.05, 4.69) is 64.4 Å². The summed E-state index contributed by atoms with van der Waals surface area (Å²) in [5, 5.41) is 0. The fourth-order valence-electron chi connectivity index (χ4n) is 3.99. The molecule has 0 radical (unpaired) electrons. The smallest absolute Gasteiger partial charge is 0.127 e. The Bertz CT molecular complexity index is 952. The van der Waals surface area contributed by atoms with Gasteiger partial charge in [-0.1, -0.05) is 42.5 Å². The molecule has 1 aliphatic rings. The van der Waals surface area contributed by atoms with E-state index in [9.17, 15) is 0 Å². The average molecular weight is 469 g/mol. The van der Waals surface area contributed by atoms with Gasteiger partial charge in [-0.3, -0.25) is 4.90 Å². The lowest BCUT2D eigenvalue weighted by molar-refractivity contribution is 0.261. The van der Waals surface area contributed by atoms with Crippen LogP contribution in [0.15, 0.2) is 72.8 Å². The van der Waals surface area contributed by atoms with Crippen molar-refractivity contribution in [3.63, 3.8) is 0 Å². The molecule has 0 atom stereocenters. The fraction of sp³-hybridized carbons (Fsp3) is 0.333. The Hall–Kier alpha value is -2.89. The molecule has 0 amide bonds. The minimum absolute atomic E-state index is 0. The first-order valence-corrected chi connectivity index (χ1v) is 11.2. The molecule has 0 bridgehead atoms. The summed E-state index contributed by atoms with van der Waals surface area (Å²) in [5.74, 6) is 2.18. The first-order chi connectivity index (χ1) is 15.7. The van der Waals surface area contributed by atoms with Crippen LogP contribution >= 0.6 is 12.4 Å². The van der Waals surface area contributed by atoms with Crippen molar-refractivity contribution in [3.05, 3.63) is 83.9 Å². The van der Waals surface area contributed by atoms with Crippen LogP contribution in [0.25, 0.3) is 0 Å². The summed E-state index contributed by atoms with van der Waals surface area (Å²) < 4.78 is 16.6. The zero-order valence-electron chi connectivity index (χ0n) is 19.4. The van der Waals surface area contributed by atoms with E-state index < -0.39 is 0 Å². The number of ether oxygens (including phenoxy) is 3. The number of hydrogen-bond acceptors (Lipinski definition) is 5. The third-order valence-corrected chi connectivity index (χ3v) is 5.96.